The maximum Gasteiger partial charge on any atom is 0.307 e. The Balaban J connectivity index is 2.42. The zero-order valence-corrected chi connectivity index (χ0v) is 11.9. The average molecular weight is 262 g/mol. The summed E-state index contributed by atoms with van der Waals surface area (Å²) in [6.07, 6.45) is 2.49. The normalized spacial score (nSPS) is 12.8. The molecule has 0 aliphatic carbocycles. The predicted octanol–water partition coefficient (Wildman–Crippen LogP) is 3.17. The minimum Gasteiger partial charge on any atom is -0.460 e. The highest BCUT2D eigenvalue weighted by Gasteiger charge is 2.20. The van der Waals surface area contributed by atoms with Crippen LogP contribution in [-0.2, 0) is 20.7 Å². The zero-order chi connectivity index (χ0) is 14.3. The van der Waals surface area contributed by atoms with E-state index in [1.165, 1.54) is 5.56 Å². The van der Waals surface area contributed by atoms with Crippen molar-refractivity contribution >= 4 is 12.3 Å². The Morgan fingerprint density at radius 1 is 1.26 bits per heavy atom. The minimum absolute atomic E-state index is 0.160. The van der Waals surface area contributed by atoms with Crippen molar-refractivity contribution < 1.29 is 14.3 Å². The third kappa shape index (κ3) is 6.75. The highest BCUT2D eigenvalue weighted by atomic mass is 16.6. The third-order valence-corrected chi connectivity index (χ3v) is 2.69. The smallest absolute Gasteiger partial charge is 0.307 e. The van der Waals surface area contributed by atoms with Crippen LogP contribution < -0.4 is 0 Å². The number of aryl methyl sites for hydroxylation is 1. The number of esters is 1. The van der Waals surface area contributed by atoms with E-state index in [9.17, 15) is 9.59 Å². The Kier molecular flexibility index (Phi) is 5.74. The Morgan fingerprint density at radius 3 is 2.42 bits per heavy atom. The molecule has 0 amide bonds. The van der Waals surface area contributed by atoms with Crippen LogP contribution in [0.2, 0.25) is 0 Å². The second-order valence-electron chi connectivity index (χ2n) is 5.71. The standard InChI is InChI=1S/C16H22O3/c1-16(2,3)19-15(18)11-14(12-17)10-9-13-7-5-4-6-8-13/h4-8,12,14H,9-11H2,1-3H3/t14-/m1/s1. The lowest BCUT2D eigenvalue weighted by atomic mass is 9.98. The van der Waals surface area contributed by atoms with Crippen LogP contribution in [0.25, 0.3) is 0 Å². The molecule has 0 unspecified atom stereocenters. The van der Waals surface area contributed by atoms with Gasteiger partial charge in [0.25, 0.3) is 0 Å². The number of ether oxygens (including phenoxy) is 1. The summed E-state index contributed by atoms with van der Waals surface area (Å²) in [4.78, 5) is 22.7. The molecule has 3 heteroatoms. The molecule has 0 aliphatic rings. The van der Waals surface area contributed by atoms with Gasteiger partial charge in [0.05, 0.1) is 6.42 Å². The lowest BCUT2D eigenvalue weighted by Crippen LogP contribution is -2.25. The summed E-state index contributed by atoms with van der Waals surface area (Å²) >= 11 is 0. The molecule has 104 valence electrons. The molecule has 0 radical (unpaired) electrons. The predicted molar refractivity (Wildman–Crippen MR) is 74.8 cm³/mol. The Morgan fingerprint density at radius 2 is 1.89 bits per heavy atom. The van der Waals surface area contributed by atoms with Gasteiger partial charge in [0, 0.05) is 5.92 Å². The summed E-state index contributed by atoms with van der Waals surface area (Å²) in [6.45, 7) is 5.47. The second-order valence-corrected chi connectivity index (χ2v) is 5.71. The van der Waals surface area contributed by atoms with Crippen molar-refractivity contribution in [1.82, 2.24) is 0 Å². The van der Waals surface area contributed by atoms with E-state index < -0.39 is 5.60 Å². The van der Waals surface area contributed by atoms with Crippen molar-refractivity contribution in [2.45, 2.75) is 45.6 Å². The molecule has 19 heavy (non-hydrogen) atoms. The highest BCUT2D eigenvalue weighted by molar-refractivity contribution is 5.74. The van der Waals surface area contributed by atoms with Crippen molar-refractivity contribution in [3.05, 3.63) is 35.9 Å². The Bertz CT molecular complexity index is 404. The largest absolute Gasteiger partial charge is 0.460 e. The lowest BCUT2D eigenvalue weighted by Gasteiger charge is -2.20. The molecule has 3 nitrogen and oxygen atoms in total. The molecule has 0 bridgehead atoms. The average Bonchev–Trinajstić information content (AvgIpc) is 2.33. The van der Waals surface area contributed by atoms with Gasteiger partial charge in [-0.2, -0.15) is 0 Å². The van der Waals surface area contributed by atoms with Gasteiger partial charge in [-0.1, -0.05) is 30.3 Å². The fraction of sp³-hybridized carbons (Fsp3) is 0.500. The highest BCUT2D eigenvalue weighted by Crippen LogP contribution is 2.15. The maximum atomic E-state index is 11.7. The number of benzene rings is 1. The molecule has 0 saturated heterocycles. The van der Waals surface area contributed by atoms with Gasteiger partial charge in [-0.15, -0.1) is 0 Å². The Labute approximate surface area is 115 Å². The Hall–Kier alpha value is -1.64. The first kappa shape index (κ1) is 15.4. The number of hydrogen-bond acceptors (Lipinski definition) is 3. The van der Waals surface area contributed by atoms with Crippen molar-refractivity contribution in [2.75, 3.05) is 0 Å². The van der Waals surface area contributed by atoms with E-state index in [0.29, 0.717) is 6.42 Å². The van der Waals surface area contributed by atoms with E-state index in [0.717, 1.165) is 12.7 Å². The quantitative estimate of drug-likeness (QED) is 0.584. The van der Waals surface area contributed by atoms with Crippen LogP contribution in [0.15, 0.2) is 30.3 Å². The van der Waals surface area contributed by atoms with E-state index in [4.69, 9.17) is 4.74 Å². The van der Waals surface area contributed by atoms with E-state index in [2.05, 4.69) is 0 Å². The minimum atomic E-state index is -0.496. The summed E-state index contributed by atoms with van der Waals surface area (Å²) in [7, 11) is 0. The van der Waals surface area contributed by atoms with Crippen LogP contribution >= 0.6 is 0 Å². The molecule has 0 N–H and O–H groups in total. The molecule has 0 fully saturated rings. The van der Waals surface area contributed by atoms with Gasteiger partial charge >= 0.3 is 5.97 Å². The number of hydrogen-bond donors (Lipinski definition) is 0. The molecule has 0 saturated carbocycles. The van der Waals surface area contributed by atoms with Crippen LogP contribution in [0.1, 0.15) is 39.2 Å². The van der Waals surface area contributed by atoms with Gasteiger partial charge in [-0.25, -0.2) is 0 Å². The second kappa shape index (κ2) is 7.07. The molecular formula is C16H22O3. The van der Waals surface area contributed by atoms with Gasteiger partial charge in [0.1, 0.15) is 11.9 Å². The monoisotopic (exact) mass is 262 g/mol. The molecule has 1 aromatic carbocycles. The first-order valence-electron chi connectivity index (χ1n) is 6.62. The molecule has 0 spiro atoms. The number of carbonyl (C=O) groups excluding carboxylic acids is 2. The first-order valence-corrected chi connectivity index (χ1v) is 6.62. The lowest BCUT2D eigenvalue weighted by molar-refractivity contribution is -0.156. The summed E-state index contributed by atoms with van der Waals surface area (Å²) in [5, 5.41) is 0. The molecule has 0 aromatic heterocycles. The van der Waals surface area contributed by atoms with Crippen molar-refractivity contribution in [3.8, 4) is 0 Å². The van der Waals surface area contributed by atoms with E-state index in [1.54, 1.807) is 0 Å². The van der Waals surface area contributed by atoms with Crippen LogP contribution in [0.5, 0.6) is 0 Å². The first-order chi connectivity index (χ1) is 8.90. The fourth-order valence-corrected chi connectivity index (χ4v) is 1.81. The van der Waals surface area contributed by atoms with Crippen LogP contribution in [0.3, 0.4) is 0 Å². The summed E-state index contributed by atoms with van der Waals surface area (Å²) in [5.74, 6) is -0.576. The molecule has 1 rings (SSSR count). The summed E-state index contributed by atoms with van der Waals surface area (Å²) in [6, 6.07) is 9.95. The van der Waals surface area contributed by atoms with Crippen molar-refractivity contribution in [1.29, 1.82) is 0 Å². The van der Waals surface area contributed by atoms with Crippen LogP contribution in [-0.4, -0.2) is 17.9 Å². The molecular weight excluding hydrogens is 240 g/mol. The molecule has 0 heterocycles. The summed E-state index contributed by atoms with van der Waals surface area (Å²) < 4.78 is 5.22. The fourth-order valence-electron chi connectivity index (χ4n) is 1.81. The van der Waals surface area contributed by atoms with Crippen molar-refractivity contribution in [3.63, 3.8) is 0 Å². The van der Waals surface area contributed by atoms with Gasteiger partial charge in [0.15, 0.2) is 0 Å². The van der Waals surface area contributed by atoms with Crippen molar-refractivity contribution in [2.24, 2.45) is 5.92 Å². The number of carbonyl (C=O) groups is 2. The zero-order valence-electron chi connectivity index (χ0n) is 11.9. The van der Waals surface area contributed by atoms with Gasteiger partial charge < -0.3 is 9.53 Å². The molecule has 1 atom stereocenters. The number of aldehydes is 1. The van der Waals surface area contributed by atoms with Gasteiger partial charge in [-0.3, -0.25) is 4.79 Å². The summed E-state index contributed by atoms with van der Waals surface area (Å²) in [5.41, 5.74) is 0.683. The molecule has 1 aromatic rings. The topological polar surface area (TPSA) is 43.4 Å². The van der Waals surface area contributed by atoms with E-state index >= 15 is 0 Å². The van der Waals surface area contributed by atoms with Crippen LogP contribution in [0.4, 0.5) is 0 Å². The van der Waals surface area contributed by atoms with Gasteiger partial charge in [0.2, 0.25) is 0 Å². The maximum absolute atomic E-state index is 11.7. The number of rotatable bonds is 6. The SMILES string of the molecule is CC(C)(C)OC(=O)C[C@H](C=O)CCc1ccccc1. The third-order valence-electron chi connectivity index (χ3n) is 2.69. The van der Waals surface area contributed by atoms with E-state index in [-0.39, 0.29) is 18.3 Å². The van der Waals surface area contributed by atoms with Crippen LogP contribution in [0, 0.1) is 5.92 Å². The van der Waals surface area contributed by atoms with E-state index in [1.807, 2.05) is 51.1 Å². The van der Waals surface area contributed by atoms with Gasteiger partial charge in [-0.05, 0) is 39.2 Å². The molecule has 0 aliphatic heterocycles.